The lowest BCUT2D eigenvalue weighted by molar-refractivity contribution is -0.128. The molecule has 4 fully saturated rings. The van der Waals surface area contributed by atoms with Crippen molar-refractivity contribution in [2.24, 2.45) is 0 Å². The number of halogens is 3. The number of carbonyl (C=O) groups is 2. The Bertz CT molecular complexity index is 3560. The molecular weight excluding hydrogens is 1090 g/mol. The molecule has 9 heterocycles. The predicted octanol–water partition coefficient (Wildman–Crippen LogP) is 7.62. The summed E-state index contributed by atoms with van der Waals surface area (Å²) in [6.45, 7) is 20.4. The molecule has 6 aromatic rings. The van der Waals surface area contributed by atoms with Gasteiger partial charge in [-0.15, -0.1) is 0 Å². The Hall–Kier alpha value is -7.67. The summed E-state index contributed by atoms with van der Waals surface area (Å²) in [6, 6.07) is 15.2. The number of aryl methyl sites for hydroxylation is 1. The number of anilines is 4. The van der Waals surface area contributed by atoms with Crippen LogP contribution in [0.3, 0.4) is 0 Å². The highest BCUT2D eigenvalue weighted by molar-refractivity contribution is 6.36. The van der Waals surface area contributed by atoms with Crippen LogP contribution in [-0.4, -0.2) is 185 Å². The monoisotopic (exact) mass is 1160 g/mol. The number of ether oxygens (including phenoxy) is 2. The summed E-state index contributed by atoms with van der Waals surface area (Å²) in [5, 5.41) is 21.2. The second-order valence-electron chi connectivity index (χ2n) is 23.3. The summed E-state index contributed by atoms with van der Waals surface area (Å²) >= 11 is 7.28. The van der Waals surface area contributed by atoms with E-state index < -0.39 is 5.92 Å². The lowest BCUT2D eigenvalue weighted by Gasteiger charge is -2.42. The van der Waals surface area contributed by atoms with Crippen LogP contribution in [0.4, 0.5) is 31.8 Å². The number of nitrogens with zero attached hydrogens (tertiary/aromatic N) is 14. The van der Waals surface area contributed by atoms with Gasteiger partial charge < -0.3 is 38.9 Å². The van der Waals surface area contributed by atoms with E-state index in [0.717, 1.165) is 93.1 Å². The Labute approximate surface area is 493 Å². The van der Waals surface area contributed by atoms with E-state index in [0.29, 0.717) is 96.1 Å². The van der Waals surface area contributed by atoms with Crippen LogP contribution in [0.25, 0.3) is 21.7 Å². The Morgan fingerprint density at radius 3 is 2.23 bits per heavy atom. The van der Waals surface area contributed by atoms with E-state index in [2.05, 4.69) is 99.1 Å². The molecule has 3 aromatic heterocycles. The largest absolute Gasteiger partial charge is 0.462 e. The Morgan fingerprint density at radius 1 is 0.810 bits per heavy atom. The topological polar surface area (TPSA) is 183 Å². The van der Waals surface area contributed by atoms with Gasteiger partial charge >= 0.3 is 12.0 Å². The normalized spacial score (nSPS) is 21.1. The summed E-state index contributed by atoms with van der Waals surface area (Å²) < 4.78 is 41.0. The van der Waals surface area contributed by atoms with E-state index in [9.17, 15) is 23.6 Å². The zero-order valence-electron chi connectivity index (χ0n) is 48.1. The number of amides is 2. The third-order valence-electron chi connectivity index (χ3n) is 18.3. The van der Waals surface area contributed by atoms with E-state index in [1.165, 1.54) is 28.8 Å². The van der Waals surface area contributed by atoms with Gasteiger partial charge in [-0.2, -0.15) is 30.3 Å². The van der Waals surface area contributed by atoms with Gasteiger partial charge in [0.1, 0.15) is 24.8 Å². The number of aromatic nitrogens is 6. The van der Waals surface area contributed by atoms with E-state index in [1.807, 2.05) is 28.1 Å². The SMILES string of the molecule is C=CC(=O)N1CCN(c2nc(OC[C@@H]3CC(c4ccc(N5CCc6c(nc(OCCN7CCC(F)(F)CC7)nc6N6CCN(C(=O)C=C)[C@@H](CC#N)C6)C5)c5c(Cl)cccc45)CN3C)nc3c2CCN(c2c(C)c(C)cc4[nH]ncc24)C3)CC1. The first-order valence-corrected chi connectivity index (χ1v) is 29.8. The maximum absolute atomic E-state index is 14.0. The Kier molecular flexibility index (Phi) is 16.1. The molecule has 4 saturated heterocycles. The number of nitrogens with one attached hydrogen (secondary N) is 1. The van der Waals surface area contributed by atoms with E-state index in [4.69, 9.17) is 41.0 Å². The third kappa shape index (κ3) is 11.3. The van der Waals surface area contributed by atoms with Crippen molar-refractivity contribution in [3.8, 4) is 18.1 Å². The molecule has 0 aliphatic carbocycles. The van der Waals surface area contributed by atoms with Crippen LogP contribution < -0.4 is 29.1 Å². The van der Waals surface area contributed by atoms with Crippen molar-refractivity contribution in [2.45, 2.75) is 89.4 Å². The first-order valence-electron chi connectivity index (χ1n) is 29.4. The van der Waals surface area contributed by atoms with Crippen LogP contribution >= 0.6 is 11.6 Å². The first kappa shape index (κ1) is 56.8. The highest BCUT2D eigenvalue weighted by Gasteiger charge is 2.38. The van der Waals surface area contributed by atoms with Gasteiger partial charge in [-0.3, -0.25) is 24.5 Å². The fraction of sp³-hybridized carbons (Fsp3) is 0.484. The van der Waals surface area contributed by atoms with E-state index >= 15 is 0 Å². The number of fused-ring (bicyclic) bond motifs is 4. The van der Waals surface area contributed by atoms with Crippen LogP contribution in [0.1, 0.15) is 70.8 Å². The van der Waals surface area contributed by atoms with Gasteiger partial charge in [-0.05, 0) is 98.5 Å². The van der Waals surface area contributed by atoms with Crippen molar-refractivity contribution in [3.63, 3.8) is 0 Å². The molecule has 0 radical (unpaired) electrons. The second kappa shape index (κ2) is 23.8. The molecule has 1 N–H and O–H groups in total. The minimum atomic E-state index is -2.64. The molecule has 19 nitrogen and oxygen atoms in total. The summed E-state index contributed by atoms with van der Waals surface area (Å²) in [4.78, 5) is 62.9. The molecule has 3 aromatic carbocycles. The molecule has 0 bridgehead atoms. The van der Waals surface area contributed by atoms with Crippen molar-refractivity contribution >= 4 is 68.1 Å². The van der Waals surface area contributed by atoms with Crippen molar-refractivity contribution in [1.82, 2.24) is 49.7 Å². The molecule has 3 atom stereocenters. The van der Waals surface area contributed by atoms with Crippen molar-refractivity contribution in [3.05, 3.63) is 112 Å². The van der Waals surface area contributed by atoms with Gasteiger partial charge in [0.2, 0.25) is 11.8 Å². The number of hydrogen-bond donors (Lipinski definition) is 1. The van der Waals surface area contributed by atoms with Gasteiger partial charge in [0.25, 0.3) is 5.92 Å². The van der Waals surface area contributed by atoms with Crippen LogP contribution in [0, 0.1) is 25.2 Å². The number of rotatable bonds is 15. The molecule has 2 amide bonds. The molecule has 84 heavy (non-hydrogen) atoms. The number of hydrogen-bond acceptors (Lipinski definition) is 16. The minimum absolute atomic E-state index is 0.0641. The molecule has 1 unspecified atom stereocenters. The van der Waals surface area contributed by atoms with Crippen molar-refractivity contribution in [2.75, 3.05) is 125 Å². The Morgan fingerprint density at radius 2 is 1.50 bits per heavy atom. The molecule has 6 aliphatic rings. The van der Waals surface area contributed by atoms with Crippen molar-refractivity contribution < 1.29 is 27.8 Å². The fourth-order valence-corrected chi connectivity index (χ4v) is 13.8. The second-order valence-corrected chi connectivity index (χ2v) is 23.7. The minimum Gasteiger partial charge on any atom is -0.462 e. The lowest BCUT2D eigenvalue weighted by atomic mass is 9.90. The smallest absolute Gasteiger partial charge is 0.318 e. The Balaban J connectivity index is 0.786. The van der Waals surface area contributed by atoms with Gasteiger partial charge in [0.15, 0.2) is 0 Å². The average molecular weight is 1160 g/mol. The molecule has 0 saturated carbocycles. The quantitative estimate of drug-likeness (QED) is 0.0991. The van der Waals surface area contributed by atoms with Crippen LogP contribution in [0.5, 0.6) is 12.0 Å². The predicted molar refractivity (Wildman–Crippen MR) is 321 cm³/mol. The lowest BCUT2D eigenvalue weighted by Crippen LogP contribution is -2.55. The molecular formula is C62H72ClF2N15O4. The summed E-state index contributed by atoms with van der Waals surface area (Å²) in [5.74, 6) is -1.16. The third-order valence-corrected chi connectivity index (χ3v) is 18.6. The summed E-state index contributed by atoms with van der Waals surface area (Å²) in [6.07, 6.45) is 6.59. The number of H-pyrrole nitrogens is 1. The number of alkyl halides is 2. The van der Waals surface area contributed by atoms with Gasteiger partial charge in [-0.1, -0.05) is 43.0 Å². The number of benzene rings is 3. The zero-order valence-corrected chi connectivity index (χ0v) is 48.9. The number of aromatic amines is 1. The zero-order chi connectivity index (χ0) is 58.4. The average Bonchev–Trinajstić information content (AvgIpc) is 1.70. The standard InChI is InChI=1S/C62H72ClF2N15O4/c1-6-54(81)75-23-25-76(26-24-75)58-46-15-20-78(57-40(4)39(3)31-50-48(57)33-67-72-50)37-52(46)69-61(70-58)84-38-43-32-41(34-73(43)5)44-11-12-53(56-45(44)9-8-10-49(56)63)77-19-14-47-51(36-77)68-60(83-30-29-74-21-16-62(64,65)17-22-74)71-59(47)79-27-28-80(55(82)7-2)42(35-79)13-18-66/h6-12,31,33,41-43H,1-2,13-17,19-30,32,34-38H2,3-5H3,(H,67,72)/t41?,42-,43-/m0/s1. The van der Waals surface area contributed by atoms with Crippen molar-refractivity contribution in [1.29, 1.82) is 5.26 Å². The number of likely N-dealkylation sites (N-methyl/N-ethyl adjacent to an activating group) is 1. The number of nitriles is 1. The molecule has 22 heteroatoms. The number of carbonyl (C=O) groups excluding carboxylic acids is 2. The molecule has 12 rings (SSSR count). The number of likely N-dealkylation sites (tertiary alicyclic amines) is 2. The molecule has 6 aliphatic heterocycles. The maximum Gasteiger partial charge on any atom is 0.318 e. The summed E-state index contributed by atoms with van der Waals surface area (Å²) in [7, 11) is 2.15. The summed E-state index contributed by atoms with van der Waals surface area (Å²) in [5.41, 5.74) is 10.6. The first-order chi connectivity index (χ1) is 40.7. The van der Waals surface area contributed by atoms with E-state index in [1.54, 1.807) is 4.90 Å². The van der Waals surface area contributed by atoms with Crippen LogP contribution in [-0.2, 0) is 35.5 Å². The molecule has 0 spiro atoms. The van der Waals surface area contributed by atoms with E-state index in [-0.39, 0.29) is 74.8 Å². The van der Waals surface area contributed by atoms with Gasteiger partial charge in [-0.25, -0.2) is 8.78 Å². The molecule has 440 valence electrons. The van der Waals surface area contributed by atoms with Gasteiger partial charge in [0.05, 0.1) is 65.4 Å². The van der Waals surface area contributed by atoms with Gasteiger partial charge in [0, 0.05) is 132 Å². The van der Waals surface area contributed by atoms with Crippen LogP contribution in [0.2, 0.25) is 5.02 Å². The highest BCUT2D eigenvalue weighted by atomic mass is 35.5. The maximum atomic E-state index is 14.0. The highest BCUT2D eigenvalue weighted by Crippen LogP contribution is 2.44. The van der Waals surface area contributed by atoms with Crippen LogP contribution in [0.15, 0.2) is 67.9 Å². The number of piperazine rings is 2. The fourth-order valence-electron chi connectivity index (χ4n) is 13.6. The number of piperidine rings is 1.